The van der Waals surface area contributed by atoms with Crippen LogP contribution < -0.4 is 0 Å². The van der Waals surface area contributed by atoms with Crippen molar-refractivity contribution < 1.29 is 8.60 Å². The van der Waals surface area contributed by atoms with E-state index in [1.54, 1.807) is 29.7 Å². The number of thiophene rings is 1. The quantitative estimate of drug-likeness (QED) is 0.554. The van der Waals surface area contributed by atoms with Gasteiger partial charge in [0, 0.05) is 32.4 Å². The molecular weight excluding hydrogens is 383 g/mol. The van der Waals surface area contributed by atoms with E-state index < -0.39 is 10.8 Å². The number of benzene rings is 2. The van der Waals surface area contributed by atoms with Crippen LogP contribution in [-0.2, 0) is 10.8 Å². The van der Waals surface area contributed by atoms with Crippen molar-refractivity contribution in [3.05, 3.63) is 64.2 Å². The van der Waals surface area contributed by atoms with Gasteiger partial charge < -0.3 is 0 Å². The maximum atomic E-state index is 13.1. The zero-order valence-electron chi connectivity index (χ0n) is 11.7. The molecule has 1 atom stereocenters. The molecule has 0 spiro atoms. The lowest BCUT2D eigenvalue weighted by Gasteiger charge is -2.05. The minimum absolute atomic E-state index is 0.240. The summed E-state index contributed by atoms with van der Waals surface area (Å²) in [7, 11) is -0.981. The van der Waals surface area contributed by atoms with Crippen molar-refractivity contribution in [3.8, 4) is 21.6 Å². The Balaban J connectivity index is 2.07. The van der Waals surface area contributed by atoms with Gasteiger partial charge in [-0.25, -0.2) is 4.39 Å². The minimum atomic E-state index is -0.981. The lowest BCUT2D eigenvalue weighted by Crippen LogP contribution is -1.87. The van der Waals surface area contributed by atoms with Crippen LogP contribution in [-0.4, -0.2) is 10.5 Å². The van der Waals surface area contributed by atoms with Gasteiger partial charge in [0.1, 0.15) is 5.82 Å². The summed E-state index contributed by atoms with van der Waals surface area (Å²) in [5.41, 5.74) is 3.11. The predicted molar refractivity (Wildman–Crippen MR) is 95.2 cm³/mol. The zero-order chi connectivity index (χ0) is 15.7. The average molecular weight is 395 g/mol. The van der Waals surface area contributed by atoms with Gasteiger partial charge >= 0.3 is 0 Å². The van der Waals surface area contributed by atoms with Gasteiger partial charge in [0.15, 0.2) is 0 Å². The molecule has 3 aromatic rings. The van der Waals surface area contributed by atoms with Crippen molar-refractivity contribution in [2.24, 2.45) is 0 Å². The maximum absolute atomic E-state index is 13.1. The van der Waals surface area contributed by atoms with Crippen LogP contribution in [0.4, 0.5) is 4.39 Å². The fourth-order valence-electron chi connectivity index (χ4n) is 2.22. The SMILES string of the molecule is CS(=O)c1ccc(-c2cc(Br)sc2-c2ccc(F)cc2)cc1. The van der Waals surface area contributed by atoms with E-state index in [0.717, 1.165) is 30.2 Å². The molecule has 1 aromatic heterocycles. The van der Waals surface area contributed by atoms with Crippen molar-refractivity contribution in [2.75, 3.05) is 6.26 Å². The molecule has 112 valence electrons. The van der Waals surface area contributed by atoms with E-state index >= 15 is 0 Å². The molecule has 1 unspecified atom stereocenters. The first kappa shape index (κ1) is 15.6. The summed E-state index contributed by atoms with van der Waals surface area (Å²) in [6.45, 7) is 0. The molecule has 5 heteroatoms. The van der Waals surface area contributed by atoms with Gasteiger partial charge in [0.25, 0.3) is 0 Å². The van der Waals surface area contributed by atoms with Crippen molar-refractivity contribution in [2.45, 2.75) is 4.90 Å². The molecule has 0 N–H and O–H groups in total. The molecule has 22 heavy (non-hydrogen) atoms. The monoisotopic (exact) mass is 394 g/mol. The second-order valence-electron chi connectivity index (χ2n) is 4.78. The minimum Gasteiger partial charge on any atom is -0.255 e. The van der Waals surface area contributed by atoms with Gasteiger partial charge in [-0.1, -0.05) is 24.3 Å². The molecule has 0 saturated heterocycles. The van der Waals surface area contributed by atoms with Crippen molar-refractivity contribution >= 4 is 38.1 Å². The Hall–Kier alpha value is -1.30. The van der Waals surface area contributed by atoms with Crippen LogP contribution in [0.1, 0.15) is 0 Å². The largest absolute Gasteiger partial charge is 0.255 e. The summed E-state index contributed by atoms with van der Waals surface area (Å²) < 4.78 is 25.6. The number of halogens is 2. The van der Waals surface area contributed by atoms with Gasteiger partial charge in [-0.2, -0.15) is 0 Å². The Morgan fingerprint density at radius 3 is 2.18 bits per heavy atom. The number of hydrogen-bond donors (Lipinski definition) is 0. The molecule has 0 amide bonds. The molecule has 0 radical (unpaired) electrons. The van der Waals surface area contributed by atoms with E-state index in [1.807, 2.05) is 24.3 Å². The topological polar surface area (TPSA) is 17.1 Å². The molecule has 1 nitrogen and oxygen atoms in total. The lowest BCUT2D eigenvalue weighted by atomic mass is 10.0. The first-order valence-corrected chi connectivity index (χ1v) is 9.70. The third-order valence-electron chi connectivity index (χ3n) is 3.31. The van der Waals surface area contributed by atoms with Gasteiger partial charge in [0.05, 0.1) is 3.79 Å². The van der Waals surface area contributed by atoms with Crippen molar-refractivity contribution in [3.63, 3.8) is 0 Å². The highest BCUT2D eigenvalue weighted by Crippen LogP contribution is 2.41. The predicted octanol–water partition coefficient (Wildman–Crippen LogP) is 5.72. The fourth-order valence-corrected chi connectivity index (χ4v) is 4.36. The first-order chi connectivity index (χ1) is 10.5. The summed E-state index contributed by atoms with van der Waals surface area (Å²) in [6.07, 6.45) is 1.67. The van der Waals surface area contributed by atoms with Crippen LogP contribution >= 0.6 is 27.3 Å². The Labute approximate surface area is 143 Å². The van der Waals surface area contributed by atoms with E-state index in [9.17, 15) is 8.60 Å². The summed E-state index contributed by atoms with van der Waals surface area (Å²) in [5, 5.41) is 0. The third kappa shape index (κ3) is 3.21. The molecular formula is C17H12BrFOS2. The van der Waals surface area contributed by atoms with E-state index in [1.165, 1.54) is 12.1 Å². The lowest BCUT2D eigenvalue weighted by molar-refractivity contribution is 0.628. The van der Waals surface area contributed by atoms with Gasteiger partial charge in [0.2, 0.25) is 0 Å². The normalized spacial score (nSPS) is 12.3. The second-order valence-corrected chi connectivity index (χ2v) is 8.59. The van der Waals surface area contributed by atoms with Crippen LogP contribution in [0.5, 0.6) is 0 Å². The molecule has 0 aliphatic rings. The first-order valence-electron chi connectivity index (χ1n) is 6.54. The standard InChI is InChI=1S/C17H12BrFOS2/c1-22(20)14-8-4-11(5-9-14)15-10-16(18)21-17(15)12-2-6-13(19)7-3-12/h2-10H,1H3. The van der Waals surface area contributed by atoms with E-state index in [2.05, 4.69) is 22.0 Å². The average Bonchev–Trinajstić information content (AvgIpc) is 2.90. The van der Waals surface area contributed by atoms with Crippen LogP contribution in [0, 0.1) is 5.82 Å². The number of rotatable bonds is 3. The van der Waals surface area contributed by atoms with Crippen molar-refractivity contribution in [1.82, 2.24) is 0 Å². The Kier molecular flexibility index (Phi) is 4.57. The summed E-state index contributed by atoms with van der Waals surface area (Å²) in [4.78, 5) is 1.89. The molecule has 3 rings (SSSR count). The van der Waals surface area contributed by atoms with Crippen LogP contribution in [0.2, 0.25) is 0 Å². The van der Waals surface area contributed by atoms with Gasteiger partial charge in [-0.05, 0) is 57.4 Å². The highest BCUT2D eigenvalue weighted by atomic mass is 79.9. The summed E-state index contributed by atoms with van der Waals surface area (Å²) >= 11 is 5.14. The molecule has 0 aliphatic heterocycles. The maximum Gasteiger partial charge on any atom is 0.123 e. The highest BCUT2D eigenvalue weighted by Gasteiger charge is 2.12. The van der Waals surface area contributed by atoms with E-state index in [-0.39, 0.29) is 5.82 Å². The van der Waals surface area contributed by atoms with E-state index in [4.69, 9.17) is 0 Å². The molecule has 0 saturated carbocycles. The smallest absolute Gasteiger partial charge is 0.123 e. The molecule has 0 aliphatic carbocycles. The van der Waals surface area contributed by atoms with Crippen molar-refractivity contribution in [1.29, 1.82) is 0 Å². The van der Waals surface area contributed by atoms with Gasteiger partial charge in [-0.15, -0.1) is 11.3 Å². The third-order valence-corrected chi connectivity index (χ3v) is 5.93. The molecule has 1 heterocycles. The Morgan fingerprint density at radius 1 is 1.00 bits per heavy atom. The Bertz CT molecular complexity index is 823. The second kappa shape index (κ2) is 6.44. The highest BCUT2D eigenvalue weighted by molar-refractivity contribution is 9.11. The molecule has 0 fully saturated rings. The van der Waals surface area contributed by atoms with E-state index in [0.29, 0.717) is 0 Å². The fraction of sp³-hybridized carbons (Fsp3) is 0.0588. The summed E-state index contributed by atoms with van der Waals surface area (Å²) in [5.74, 6) is -0.240. The molecule has 0 bridgehead atoms. The van der Waals surface area contributed by atoms with Crippen LogP contribution in [0.15, 0.2) is 63.3 Å². The zero-order valence-corrected chi connectivity index (χ0v) is 14.9. The van der Waals surface area contributed by atoms with Crippen LogP contribution in [0.25, 0.3) is 21.6 Å². The van der Waals surface area contributed by atoms with Crippen LogP contribution in [0.3, 0.4) is 0 Å². The molecule has 2 aromatic carbocycles. The summed E-state index contributed by atoms with van der Waals surface area (Å²) in [6, 6.07) is 16.3. The number of hydrogen-bond acceptors (Lipinski definition) is 2. The van der Waals surface area contributed by atoms with Gasteiger partial charge in [-0.3, -0.25) is 4.21 Å². The Morgan fingerprint density at radius 2 is 1.59 bits per heavy atom.